The van der Waals surface area contributed by atoms with E-state index in [1.807, 2.05) is 26.0 Å². The van der Waals surface area contributed by atoms with E-state index in [1.165, 1.54) is 12.1 Å². The highest BCUT2D eigenvalue weighted by molar-refractivity contribution is 6.33. The molecule has 1 atom stereocenters. The zero-order chi connectivity index (χ0) is 15.6. The van der Waals surface area contributed by atoms with E-state index >= 15 is 0 Å². The predicted molar refractivity (Wildman–Crippen MR) is 81.7 cm³/mol. The lowest BCUT2D eigenvalue weighted by Gasteiger charge is -2.15. The summed E-state index contributed by atoms with van der Waals surface area (Å²) in [4.78, 5) is 0. The smallest absolute Gasteiger partial charge is 0.387 e. The number of aryl methyl sites for hydroxylation is 2. The SMILES string of the molecule is Cc1cc(Cl)c(C(Cl)c2cccc(OC(F)F)c2)cc1C. The van der Waals surface area contributed by atoms with Crippen molar-refractivity contribution in [3.63, 3.8) is 0 Å². The van der Waals surface area contributed by atoms with E-state index in [0.717, 1.165) is 16.7 Å². The maximum absolute atomic E-state index is 12.3. The van der Waals surface area contributed by atoms with Gasteiger partial charge >= 0.3 is 6.61 Å². The van der Waals surface area contributed by atoms with Gasteiger partial charge in [-0.05, 0) is 54.3 Å². The first kappa shape index (κ1) is 16.1. The summed E-state index contributed by atoms with van der Waals surface area (Å²) < 4.78 is 28.9. The molecule has 2 aromatic rings. The molecule has 0 aliphatic heterocycles. The van der Waals surface area contributed by atoms with Crippen LogP contribution >= 0.6 is 23.2 Å². The lowest BCUT2D eigenvalue weighted by molar-refractivity contribution is -0.0498. The van der Waals surface area contributed by atoms with Gasteiger partial charge in [0.1, 0.15) is 5.75 Å². The first-order valence-corrected chi connectivity index (χ1v) is 7.15. The Morgan fingerprint density at radius 2 is 1.71 bits per heavy atom. The zero-order valence-electron chi connectivity index (χ0n) is 11.5. The highest BCUT2D eigenvalue weighted by atomic mass is 35.5. The van der Waals surface area contributed by atoms with E-state index in [2.05, 4.69) is 4.74 Å². The molecule has 0 bridgehead atoms. The molecular weight excluding hydrogens is 317 g/mol. The van der Waals surface area contributed by atoms with Crippen molar-refractivity contribution in [2.75, 3.05) is 0 Å². The summed E-state index contributed by atoms with van der Waals surface area (Å²) in [5, 5.41) is 0.0244. The molecule has 1 unspecified atom stereocenters. The molecule has 0 heterocycles. The maximum atomic E-state index is 12.3. The van der Waals surface area contributed by atoms with Gasteiger partial charge in [-0.3, -0.25) is 0 Å². The van der Waals surface area contributed by atoms with Gasteiger partial charge in [-0.25, -0.2) is 0 Å². The van der Waals surface area contributed by atoms with Crippen LogP contribution < -0.4 is 4.74 Å². The minimum atomic E-state index is -2.86. The minimum Gasteiger partial charge on any atom is -0.435 e. The third kappa shape index (κ3) is 3.86. The molecule has 0 spiro atoms. The molecule has 1 nitrogen and oxygen atoms in total. The van der Waals surface area contributed by atoms with Crippen molar-refractivity contribution in [1.82, 2.24) is 0 Å². The van der Waals surface area contributed by atoms with Crippen LogP contribution in [0.4, 0.5) is 8.78 Å². The average molecular weight is 331 g/mol. The standard InChI is InChI=1S/C16H14Cl2F2O/c1-9-6-13(14(17)7-10(9)2)15(18)11-4-3-5-12(8-11)21-16(19)20/h3-8,15-16H,1-2H3. The van der Waals surface area contributed by atoms with Gasteiger partial charge in [-0.2, -0.15) is 8.78 Å². The Labute approximate surface area is 132 Å². The molecule has 0 radical (unpaired) electrons. The Morgan fingerprint density at radius 3 is 2.38 bits per heavy atom. The van der Waals surface area contributed by atoms with Gasteiger partial charge in [-0.15, -0.1) is 11.6 Å². The Kier molecular flexibility index (Phi) is 5.07. The van der Waals surface area contributed by atoms with Gasteiger partial charge < -0.3 is 4.74 Å². The van der Waals surface area contributed by atoms with E-state index in [-0.39, 0.29) is 5.75 Å². The highest BCUT2D eigenvalue weighted by Crippen LogP contribution is 2.36. The monoisotopic (exact) mass is 330 g/mol. The molecule has 0 fully saturated rings. The molecular formula is C16H14Cl2F2O. The van der Waals surface area contributed by atoms with Gasteiger partial charge in [0.2, 0.25) is 0 Å². The van der Waals surface area contributed by atoms with Crippen LogP contribution in [0.1, 0.15) is 27.6 Å². The summed E-state index contributed by atoms with van der Waals surface area (Å²) in [5.41, 5.74) is 3.54. The van der Waals surface area contributed by atoms with Crippen LogP contribution in [0.25, 0.3) is 0 Å². The number of halogens is 4. The van der Waals surface area contributed by atoms with Crippen molar-refractivity contribution in [3.05, 3.63) is 63.7 Å². The molecule has 0 aliphatic carbocycles. The number of benzene rings is 2. The molecule has 0 saturated heterocycles. The second kappa shape index (κ2) is 6.63. The molecule has 5 heteroatoms. The third-order valence-electron chi connectivity index (χ3n) is 3.26. The fourth-order valence-corrected chi connectivity index (χ4v) is 2.72. The second-order valence-electron chi connectivity index (χ2n) is 4.77. The third-order valence-corrected chi connectivity index (χ3v) is 4.08. The van der Waals surface area contributed by atoms with Crippen molar-refractivity contribution in [2.24, 2.45) is 0 Å². The Morgan fingerprint density at radius 1 is 1.05 bits per heavy atom. The van der Waals surface area contributed by atoms with Crippen LogP contribution in [0, 0.1) is 13.8 Å². The Hall–Kier alpha value is -1.32. The molecule has 0 aromatic heterocycles. The number of ether oxygens (including phenoxy) is 1. The van der Waals surface area contributed by atoms with E-state index in [1.54, 1.807) is 12.1 Å². The average Bonchev–Trinajstić information content (AvgIpc) is 2.41. The topological polar surface area (TPSA) is 9.23 Å². The van der Waals surface area contributed by atoms with Crippen LogP contribution in [0.3, 0.4) is 0 Å². The Bertz CT molecular complexity index is 644. The van der Waals surface area contributed by atoms with E-state index in [9.17, 15) is 8.78 Å². The van der Waals surface area contributed by atoms with E-state index in [0.29, 0.717) is 10.6 Å². The number of alkyl halides is 3. The predicted octanol–water partition coefficient (Wildman–Crippen LogP) is 5.89. The lowest BCUT2D eigenvalue weighted by Crippen LogP contribution is -2.03. The van der Waals surface area contributed by atoms with Crippen molar-refractivity contribution < 1.29 is 13.5 Å². The lowest BCUT2D eigenvalue weighted by atomic mass is 10.00. The molecule has 2 aromatic carbocycles. The number of rotatable bonds is 4. The molecule has 0 amide bonds. The quantitative estimate of drug-likeness (QED) is 0.635. The normalized spacial score (nSPS) is 12.5. The van der Waals surface area contributed by atoms with E-state index < -0.39 is 12.0 Å². The summed E-state index contributed by atoms with van der Waals surface area (Å²) in [5.74, 6) is 0.0770. The van der Waals surface area contributed by atoms with Crippen LogP contribution in [0.2, 0.25) is 5.02 Å². The van der Waals surface area contributed by atoms with Gasteiger partial charge in [-0.1, -0.05) is 29.8 Å². The van der Waals surface area contributed by atoms with Gasteiger partial charge in [0.15, 0.2) is 0 Å². The first-order valence-electron chi connectivity index (χ1n) is 6.34. The van der Waals surface area contributed by atoms with Crippen molar-refractivity contribution in [3.8, 4) is 5.75 Å². The van der Waals surface area contributed by atoms with Crippen LogP contribution in [0.15, 0.2) is 36.4 Å². The summed E-state index contributed by atoms with van der Waals surface area (Å²) in [7, 11) is 0. The fraction of sp³-hybridized carbons (Fsp3) is 0.250. The van der Waals surface area contributed by atoms with Crippen LogP contribution in [-0.4, -0.2) is 6.61 Å². The Balaban J connectivity index is 2.36. The summed E-state index contributed by atoms with van der Waals surface area (Å²) in [6.07, 6.45) is 0. The molecule has 112 valence electrons. The van der Waals surface area contributed by atoms with E-state index in [4.69, 9.17) is 23.2 Å². The largest absolute Gasteiger partial charge is 0.435 e. The van der Waals surface area contributed by atoms with Crippen molar-refractivity contribution in [1.29, 1.82) is 0 Å². The molecule has 0 aliphatic rings. The van der Waals surface area contributed by atoms with Crippen molar-refractivity contribution >= 4 is 23.2 Å². The summed E-state index contributed by atoms with van der Waals surface area (Å²) in [6.45, 7) is 1.07. The molecule has 0 saturated carbocycles. The van der Waals surface area contributed by atoms with Gasteiger partial charge in [0.25, 0.3) is 0 Å². The first-order chi connectivity index (χ1) is 9.88. The molecule has 21 heavy (non-hydrogen) atoms. The molecule has 2 rings (SSSR count). The van der Waals surface area contributed by atoms with Gasteiger partial charge in [0.05, 0.1) is 5.38 Å². The molecule has 0 N–H and O–H groups in total. The highest BCUT2D eigenvalue weighted by Gasteiger charge is 2.16. The second-order valence-corrected chi connectivity index (χ2v) is 5.62. The van der Waals surface area contributed by atoms with Crippen LogP contribution in [-0.2, 0) is 0 Å². The van der Waals surface area contributed by atoms with Crippen LogP contribution in [0.5, 0.6) is 5.75 Å². The van der Waals surface area contributed by atoms with Crippen molar-refractivity contribution in [2.45, 2.75) is 25.8 Å². The summed E-state index contributed by atoms with van der Waals surface area (Å²) >= 11 is 12.7. The maximum Gasteiger partial charge on any atom is 0.387 e. The number of hydrogen-bond donors (Lipinski definition) is 0. The fourth-order valence-electron chi connectivity index (χ4n) is 2.03. The summed E-state index contributed by atoms with van der Waals surface area (Å²) in [6, 6.07) is 10.1. The van der Waals surface area contributed by atoms with Gasteiger partial charge in [0, 0.05) is 5.02 Å². The minimum absolute atomic E-state index is 0.0770. The zero-order valence-corrected chi connectivity index (χ0v) is 13.1. The number of hydrogen-bond acceptors (Lipinski definition) is 1.